The first kappa shape index (κ1) is 14.2. The molecular formula is C13H17N3O4. The normalized spacial score (nSPS) is 17.8. The van der Waals surface area contributed by atoms with Gasteiger partial charge in [-0.1, -0.05) is 6.92 Å². The van der Waals surface area contributed by atoms with Gasteiger partial charge in [-0.25, -0.2) is 0 Å². The highest BCUT2D eigenvalue weighted by Crippen LogP contribution is 2.36. The summed E-state index contributed by atoms with van der Waals surface area (Å²) in [6.07, 6.45) is 3.25. The topological polar surface area (TPSA) is 96.6 Å². The van der Waals surface area contributed by atoms with E-state index in [2.05, 4.69) is 4.98 Å². The number of nitro groups is 1. The Labute approximate surface area is 116 Å². The van der Waals surface area contributed by atoms with E-state index in [1.165, 1.54) is 12.3 Å². The maximum absolute atomic E-state index is 11.4. The van der Waals surface area contributed by atoms with Crippen LogP contribution in [0.5, 0.6) is 0 Å². The number of rotatable bonds is 4. The van der Waals surface area contributed by atoms with Gasteiger partial charge in [0, 0.05) is 19.2 Å². The summed E-state index contributed by atoms with van der Waals surface area (Å²) >= 11 is 0. The van der Waals surface area contributed by atoms with E-state index in [9.17, 15) is 20.0 Å². The van der Waals surface area contributed by atoms with Gasteiger partial charge in [-0.2, -0.15) is 0 Å². The van der Waals surface area contributed by atoms with Gasteiger partial charge in [0.05, 0.1) is 11.1 Å². The Bertz CT molecular complexity index is 507. The Morgan fingerprint density at radius 3 is 2.55 bits per heavy atom. The van der Waals surface area contributed by atoms with Crippen LogP contribution in [0.4, 0.5) is 11.5 Å². The fraction of sp³-hybridized carbons (Fsp3) is 0.538. The van der Waals surface area contributed by atoms with E-state index >= 15 is 0 Å². The lowest BCUT2D eigenvalue weighted by Gasteiger charge is -2.38. The van der Waals surface area contributed by atoms with E-state index in [0.717, 1.165) is 5.69 Å². The third kappa shape index (κ3) is 2.56. The average Bonchev–Trinajstić information content (AvgIpc) is 2.47. The summed E-state index contributed by atoms with van der Waals surface area (Å²) in [6.45, 7) is 3.15. The van der Waals surface area contributed by atoms with Crippen LogP contribution in [0.3, 0.4) is 0 Å². The predicted molar refractivity (Wildman–Crippen MR) is 72.7 cm³/mol. The summed E-state index contributed by atoms with van der Waals surface area (Å²) in [5.74, 6) is -0.916. The highest BCUT2D eigenvalue weighted by atomic mass is 16.6. The third-order valence-electron chi connectivity index (χ3n) is 4.14. The van der Waals surface area contributed by atoms with E-state index in [1.54, 1.807) is 6.07 Å². The van der Waals surface area contributed by atoms with E-state index < -0.39 is 16.3 Å². The minimum Gasteiger partial charge on any atom is -0.481 e. The van der Waals surface area contributed by atoms with Crippen LogP contribution in [-0.4, -0.2) is 34.1 Å². The van der Waals surface area contributed by atoms with Crippen molar-refractivity contribution in [2.24, 2.45) is 5.41 Å². The van der Waals surface area contributed by atoms with Gasteiger partial charge in [-0.05, 0) is 35.2 Å². The van der Waals surface area contributed by atoms with Crippen molar-refractivity contribution in [2.75, 3.05) is 18.0 Å². The number of aromatic nitrogens is 1. The summed E-state index contributed by atoms with van der Waals surface area (Å²) in [6, 6.07) is 3.03. The van der Waals surface area contributed by atoms with Gasteiger partial charge in [-0.15, -0.1) is 0 Å². The average molecular weight is 279 g/mol. The third-order valence-corrected chi connectivity index (χ3v) is 4.14. The first-order valence-electron chi connectivity index (χ1n) is 6.57. The number of carboxylic acids is 1. The molecule has 0 aliphatic carbocycles. The van der Waals surface area contributed by atoms with E-state index in [-0.39, 0.29) is 5.82 Å². The van der Waals surface area contributed by atoms with E-state index in [0.29, 0.717) is 32.4 Å². The maximum Gasteiger partial charge on any atom is 0.363 e. The Morgan fingerprint density at radius 1 is 1.50 bits per heavy atom. The highest BCUT2D eigenvalue weighted by Gasteiger charge is 2.40. The van der Waals surface area contributed by atoms with Gasteiger partial charge in [-0.3, -0.25) is 4.79 Å². The Morgan fingerprint density at radius 2 is 2.15 bits per heavy atom. The van der Waals surface area contributed by atoms with Crippen molar-refractivity contribution in [1.82, 2.24) is 4.98 Å². The van der Waals surface area contributed by atoms with Gasteiger partial charge >= 0.3 is 11.8 Å². The summed E-state index contributed by atoms with van der Waals surface area (Å²) in [5.41, 5.74) is 0.163. The van der Waals surface area contributed by atoms with Crippen molar-refractivity contribution in [1.29, 1.82) is 0 Å². The fourth-order valence-corrected chi connectivity index (χ4v) is 2.58. The van der Waals surface area contributed by atoms with Crippen LogP contribution >= 0.6 is 0 Å². The summed E-state index contributed by atoms with van der Waals surface area (Å²) in [7, 11) is 0. The first-order chi connectivity index (χ1) is 9.48. The lowest BCUT2D eigenvalue weighted by molar-refractivity contribution is -0.389. The molecule has 1 saturated heterocycles. The lowest BCUT2D eigenvalue weighted by atomic mass is 9.76. The zero-order valence-electron chi connectivity index (χ0n) is 11.3. The molecule has 7 nitrogen and oxygen atoms in total. The van der Waals surface area contributed by atoms with Crippen LogP contribution in [0.25, 0.3) is 0 Å². The Balaban J connectivity index is 2.07. The van der Waals surface area contributed by atoms with Gasteiger partial charge in [0.1, 0.15) is 0 Å². The molecule has 2 heterocycles. The molecule has 0 saturated carbocycles. The molecule has 20 heavy (non-hydrogen) atoms. The molecule has 0 atom stereocenters. The minimum absolute atomic E-state index is 0.181. The summed E-state index contributed by atoms with van der Waals surface area (Å²) < 4.78 is 0. The largest absolute Gasteiger partial charge is 0.481 e. The molecule has 1 fully saturated rings. The molecule has 1 N–H and O–H groups in total. The molecule has 7 heteroatoms. The zero-order valence-corrected chi connectivity index (χ0v) is 11.3. The maximum atomic E-state index is 11.4. The Hall–Kier alpha value is -2.18. The second-order valence-electron chi connectivity index (χ2n) is 5.06. The van der Waals surface area contributed by atoms with Crippen LogP contribution in [-0.2, 0) is 4.79 Å². The second-order valence-corrected chi connectivity index (χ2v) is 5.06. The van der Waals surface area contributed by atoms with Gasteiger partial charge in [0.25, 0.3) is 0 Å². The quantitative estimate of drug-likeness (QED) is 0.669. The molecule has 1 aliphatic rings. The van der Waals surface area contributed by atoms with Crippen LogP contribution in [0.2, 0.25) is 0 Å². The number of nitrogens with zero attached hydrogens (tertiary/aromatic N) is 3. The Kier molecular flexibility index (Phi) is 3.87. The van der Waals surface area contributed by atoms with Crippen LogP contribution in [0, 0.1) is 15.5 Å². The molecule has 0 bridgehead atoms. The van der Waals surface area contributed by atoms with Crippen molar-refractivity contribution in [3.8, 4) is 0 Å². The molecule has 0 unspecified atom stereocenters. The number of anilines is 1. The molecule has 0 amide bonds. The van der Waals surface area contributed by atoms with Crippen molar-refractivity contribution in [3.63, 3.8) is 0 Å². The molecule has 0 spiro atoms. The fourth-order valence-electron chi connectivity index (χ4n) is 2.58. The molecule has 1 aromatic heterocycles. The number of pyridine rings is 1. The molecule has 2 rings (SSSR count). The number of carbonyl (C=O) groups is 1. The van der Waals surface area contributed by atoms with E-state index in [1.807, 2.05) is 11.8 Å². The van der Waals surface area contributed by atoms with Crippen LogP contribution < -0.4 is 4.90 Å². The zero-order chi connectivity index (χ0) is 14.8. The molecule has 0 radical (unpaired) electrons. The number of hydrogen-bond donors (Lipinski definition) is 1. The molecular weight excluding hydrogens is 262 g/mol. The van der Waals surface area contributed by atoms with Crippen molar-refractivity contribution in [2.45, 2.75) is 26.2 Å². The highest BCUT2D eigenvalue weighted by molar-refractivity contribution is 5.75. The number of carboxylic acid groups (broad SMARTS) is 1. The number of hydrogen-bond acceptors (Lipinski definition) is 5. The van der Waals surface area contributed by atoms with E-state index in [4.69, 9.17) is 0 Å². The van der Waals surface area contributed by atoms with Gasteiger partial charge in [0.15, 0.2) is 6.20 Å². The first-order valence-corrected chi connectivity index (χ1v) is 6.57. The standard InChI is InChI=1S/C13H17N3O4/c1-2-13(12(17)18)5-7-15(8-6-13)10-3-4-11(14-9-10)16(19)20/h3-4,9H,2,5-8H2,1H3,(H,17,18). The second kappa shape index (κ2) is 5.44. The van der Waals surface area contributed by atoms with Gasteiger partial charge < -0.3 is 20.1 Å². The monoisotopic (exact) mass is 279 g/mol. The predicted octanol–water partition coefficient (Wildman–Crippen LogP) is 2.07. The molecule has 108 valence electrons. The lowest BCUT2D eigenvalue weighted by Crippen LogP contribution is -2.44. The number of piperidine rings is 1. The summed E-state index contributed by atoms with van der Waals surface area (Å²) in [5, 5.41) is 19.9. The van der Waals surface area contributed by atoms with Crippen molar-refractivity contribution in [3.05, 3.63) is 28.4 Å². The number of aliphatic carboxylic acids is 1. The molecule has 0 aromatic carbocycles. The summed E-state index contributed by atoms with van der Waals surface area (Å²) in [4.78, 5) is 27.2. The van der Waals surface area contributed by atoms with Gasteiger partial charge in [0.2, 0.25) is 0 Å². The van der Waals surface area contributed by atoms with Crippen molar-refractivity contribution >= 4 is 17.5 Å². The van der Waals surface area contributed by atoms with Crippen LogP contribution in [0.15, 0.2) is 18.3 Å². The molecule has 1 aliphatic heterocycles. The molecule has 1 aromatic rings. The minimum atomic E-state index is -0.735. The van der Waals surface area contributed by atoms with Crippen molar-refractivity contribution < 1.29 is 14.8 Å². The SMILES string of the molecule is CCC1(C(=O)O)CCN(c2ccc([N+](=O)[O-])nc2)CC1. The smallest absolute Gasteiger partial charge is 0.363 e. The van der Waals surface area contributed by atoms with Crippen LogP contribution in [0.1, 0.15) is 26.2 Å².